The van der Waals surface area contributed by atoms with E-state index in [4.69, 9.17) is 42.1 Å². The van der Waals surface area contributed by atoms with Crippen LogP contribution in [-0.2, 0) is 20.7 Å². The van der Waals surface area contributed by atoms with E-state index in [2.05, 4.69) is 15.2 Å². The molecule has 4 aliphatic rings. The van der Waals surface area contributed by atoms with E-state index in [0.717, 1.165) is 50.9 Å². The van der Waals surface area contributed by atoms with Crippen LogP contribution in [0.25, 0.3) is 0 Å². The van der Waals surface area contributed by atoms with Gasteiger partial charge in [0.2, 0.25) is 0 Å². The Labute approximate surface area is 322 Å². The Bertz CT molecular complexity index is 1890. The Balaban J connectivity index is 0.00000497. The van der Waals surface area contributed by atoms with Crippen LogP contribution in [0.4, 0.5) is 14.5 Å². The van der Waals surface area contributed by atoms with Crippen molar-refractivity contribution >= 4 is 40.8 Å². The molecule has 0 amide bonds. The van der Waals surface area contributed by atoms with Crippen molar-refractivity contribution in [2.45, 2.75) is 57.0 Å². The van der Waals surface area contributed by atoms with Crippen LogP contribution in [0.15, 0.2) is 85.2 Å². The monoisotopic (exact) mass is 783 g/mol. The number of nitrogens with zero attached hydrogens (tertiary/aromatic N) is 1. The van der Waals surface area contributed by atoms with Crippen LogP contribution >= 0.6 is 23.2 Å². The third-order valence-electron chi connectivity index (χ3n) is 10.0. The molecule has 14 heteroatoms. The summed E-state index contributed by atoms with van der Waals surface area (Å²) in [6, 6.07) is 19.6. The molecular formula is C40H41Cl2F2N3O7. The average molecular weight is 785 g/mol. The topological polar surface area (TPSA) is 130 Å². The highest BCUT2D eigenvalue weighted by atomic mass is 35.5. The van der Waals surface area contributed by atoms with Gasteiger partial charge in [0.05, 0.1) is 12.2 Å². The number of nitrogens with one attached hydrogen (secondary N) is 2. The van der Waals surface area contributed by atoms with Gasteiger partial charge in [0.15, 0.2) is 29.9 Å². The number of pyridine rings is 1. The van der Waals surface area contributed by atoms with Crippen LogP contribution in [0.2, 0.25) is 10.0 Å². The number of ether oxygens (including phenoxy) is 4. The lowest BCUT2D eigenvalue weighted by Gasteiger charge is -2.44. The highest BCUT2D eigenvalue weighted by Gasteiger charge is 2.38. The van der Waals surface area contributed by atoms with E-state index >= 15 is 0 Å². The number of carbonyl (C=O) groups excluding carboxylic acids is 2. The molecule has 1 aliphatic carbocycles. The summed E-state index contributed by atoms with van der Waals surface area (Å²) >= 11 is 13.0. The van der Waals surface area contributed by atoms with E-state index in [0.29, 0.717) is 45.3 Å². The number of hydrogen-bond donors (Lipinski definition) is 1. The summed E-state index contributed by atoms with van der Waals surface area (Å²) < 4.78 is 49.5. The molecule has 3 atom stereocenters. The van der Waals surface area contributed by atoms with Crippen LogP contribution in [0.5, 0.6) is 11.5 Å². The number of benzene rings is 3. The summed E-state index contributed by atoms with van der Waals surface area (Å²) in [4.78, 5) is 32.9. The molecule has 2 bridgehead atoms. The van der Waals surface area contributed by atoms with Gasteiger partial charge in [-0.3, -0.25) is 4.90 Å². The van der Waals surface area contributed by atoms with E-state index in [-0.39, 0.29) is 35.1 Å². The molecule has 4 fully saturated rings. The molecule has 3 N–H and O–H groups in total. The summed E-state index contributed by atoms with van der Waals surface area (Å²) in [5.74, 6) is -0.395. The second-order valence-corrected chi connectivity index (χ2v) is 14.6. The highest BCUT2D eigenvalue weighted by molar-refractivity contribution is 6.35. The smallest absolute Gasteiger partial charge is 0.387 e. The van der Waals surface area contributed by atoms with Crippen molar-refractivity contribution in [2.24, 2.45) is 11.8 Å². The van der Waals surface area contributed by atoms with E-state index in [9.17, 15) is 18.4 Å². The molecule has 1 saturated carbocycles. The number of aromatic amines is 1. The molecule has 1 aromatic heterocycles. The lowest BCUT2D eigenvalue weighted by Crippen LogP contribution is -2.52. The second kappa shape index (κ2) is 17.8. The molecule has 54 heavy (non-hydrogen) atoms. The number of anilines is 1. The first-order chi connectivity index (χ1) is 25.7. The molecule has 10 nitrogen and oxygen atoms in total. The second-order valence-electron chi connectivity index (χ2n) is 13.7. The fraction of sp³-hybridized carbons (Fsp3) is 0.375. The molecule has 3 aromatic carbocycles. The van der Waals surface area contributed by atoms with E-state index < -0.39 is 30.7 Å². The Morgan fingerprint density at radius 1 is 0.889 bits per heavy atom. The van der Waals surface area contributed by atoms with Crippen molar-refractivity contribution < 1.29 is 47.8 Å². The Morgan fingerprint density at radius 3 is 2.30 bits per heavy atom. The third-order valence-corrected chi connectivity index (χ3v) is 10.7. The first-order valence-corrected chi connectivity index (χ1v) is 18.6. The first-order valence-electron chi connectivity index (χ1n) is 17.8. The largest absolute Gasteiger partial charge is 0.870 e. The number of fused-ring (bicyclic) bond motifs is 3. The van der Waals surface area contributed by atoms with Crippen LogP contribution in [0.1, 0.15) is 64.9 Å². The van der Waals surface area contributed by atoms with Crippen LogP contribution in [0.3, 0.4) is 0 Å². The average Bonchev–Trinajstić information content (AvgIpc) is 4.00. The number of carbonyl (C=O) groups is 2. The van der Waals surface area contributed by atoms with E-state index in [1.165, 1.54) is 12.1 Å². The van der Waals surface area contributed by atoms with Crippen LogP contribution in [0, 0.1) is 11.8 Å². The van der Waals surface area contributed by atoms with Gasteiger partial charge in [0.1, 0.15) is 22.3 Å². The SMILES string of the molecule is O=C(O[C@@H](Cc1c(Cl)c[nH+]cc1Cl)c1ccc(OC(F)F)c(OCC2CC2)c1)c1cccc(N[C@@H](C(=O)O[C@H]2CN3CCC2CC3)c2ccccc2)c1.[OH-]. The number of aromatic nitrogens is 1. The van der Waals surface area contributed by atoms with E-state index in [1.54, 1.807) is 42.7 Å². The number of alkyl halides is 2. The predicted octanol–water partition coefficient (Wildman–Crippen LogP) is 7.95. The third kappa shape index (κ3) is 9.78. The summed E-state index contributed by atoms with van der Waals surface area (Å²) in [5.41, 5.74) is 2.41. The van der Waals surface area contributed by atoms with Gasteiger partial charge in [0.25, 0.3) is 0 Å². The first kappa shape index (κ1) is 39.2. The molecule has 3 aliphatic heterocycles. The Hall–Kier alpha value is -4.49. The van der Waals surface area contributed by atoms with Crippen molar-refractivity contribution in [3.8, 4) is 11.5 Å². The van der Waals surface area contributed by atoms with Gasteiger partial charge in [-0.1, -0.05) is 65.7 Å². The lowest BCUT2D eigenvalue weighted by molar-refractivity contribution is -0.377. The molecule has 4 heterocycles. The minimum Gasteiger partial charge on any atom is -0.870 e. The quantitative estimate of drug-likeness (QED) is 0.119. The predicted molar refractivity (Wildman–Crippen MR) is 196 cm³/mol. The fourth-order valence-electron chi connectivity index (χ4n) is 6.89. The highest BCUT2D eigenvalue weighted by Crippen LogP contribution is 2.38. The zero-order valence-corrected chi connectivity index (χ0v) is 30.8. The normalized spacial score (nSPS) is 20.0. The maximum atomic E-state index is 13.9. The minimum atomic E-state index is -3.06. The fourth-order valence-corrected chi connectivity index (χ4v) is 7.43. The van der Waals surface area contributed by atoms with Gasteiger partial charge in [-0.25, -0.2) is 14.6 Å². The molecule has 8 rings (SSSR count). The number of rotatable bonds is 15. The van der Waals surface area contributed by atoms with Crippen LogP contribution < -0.4 is 19.8 Å². The van der Waals surface area contributed by atoms with Crippen LogP contribution in [-0.4, -0.2) is 61.3 Å². The van der Waals surface area contributed by atoms with Crippen molar-refractivity contribution in [2.75, 3.05) is 31.6 Å². The number of H-pyrrole nitrogens is 1. The molecule has 4 aromatic rings. The van der Waals surface area contributed by atoms with Gasteiger partial charge in [-0.05, 0) is 92.1 Å². The van der Waals surface area contributed by atoms with Gasteiger partial charge in [-0.2, -0.15) is 8.78 Å². The molecule has 0 radical (unpaired) electrons. The number of piperidine rings is 3. The van der Waals surface area contributed by atoms with Crippen molar-refractivity contribution in [3.63, 3.8) is 0 Å². The van der Waals surface area contributed by atoms with Crippen molar-refractivity contribution in [3.05, 3.63) is 117 Å². The van der Waals surface area contributed by atoms with Crippen molar-refractivity contribution in [1.82, 2.24) is 4.90 Å². The van der Waals surface area contributed by atoms with Gasteiger partial charge >= 0.3 is 18.6 Å². The summed E-state index contributed by atoms with van der Waals surface area (Å²) in [6.45, 7) is 0.0760. The van der Waals surface area contributed by atoms with Gasteiger partial charge in [0, 0.05) is 24.2 Å². The van der Waals surface area contributed by atoms with E-state index in [1.807, 2.05) is 30.3 Å². The molecule has 0 spiro atoms. The maximum Gasteiger partial charge on any atom is 0.387 e. The Kier molecular flexibility index (Phi) is 12.9. The van der Waals surface area contributed by atoms with Crippen molar-refractivity contribution in [1.29, 1.82) is 0 Å². The molecule has 286 valence electrons. The zero-order valence-electron chi connectivity index (χ0n) is 29.3. The number of esters is 2. The number of hydrogen-bond acceptors (Lipinski definition) is 9. The number of halogens is 4. The van der Waals surface area contributed by atoms with Gasteiger partial charge < -0.3 is 29.7 Å². The van der Waals surface area contributed by atoms with Gasteiger partial charge in [-0.15, -0.1) is 0 Å². The molecule has 0 unspecified atom stereocenters. The lowest BCUT2D eigenvalue weighted by atomic mass is 9.86. The standard InChI is InChI=1S/C40H39Cl2F2N3O6.H2O/c41-31-20-45-21-32(42)30(31)19-34(27-11-12-33(53-40(43)44)35(18-27)50-23-24-9-10-24)51-38(48)28-7-4-8-29(17-28)46-37(26-5-2-1-3-6-26)39(49)52-36-22-47-15-13-25(36)14-16-47;/h1-8,11-12,17-18,20-21,24-25,34,36-37,40,46H,9-10,13-16,19,22-23H2;1H2/t34-,36-,37+;/m0./s1. The summed E-state index contributed by atoms with van der Waals surface area (Å²) in [7, 11) is 0. The Morgan fingerprint density at radius 2 is 1.63 bits per heavy atom. The molecule has 3 saturated heterocycles. The maximum absolute atomic E-state index is 13.9. The molecular weight excluding hydrogens is 743 g/mol. The summed E-state index contributed by atoms with van der Waals surface area (Å²) in [6.07, 6.45) is 6.06. The minimum absolute atomic E-state index is 0. The zero-order chi connectivity index (χ0) is 36.9. The summed E-state index contributed by atoms with van der Waals surface area (Å²) in [5, 5.41) is 3.94.